The quantitative estimate of drug-likeness (QED) is 0.300. The number of rotatable bonds is 6. The molecule has 1 fully saturated rings. The van der Waals surface area contributed by atoms with E-state index in [-0.39, 0.29) is 12.1 Å². The highest BCUT2D eigenvalue weighted by molar-refractivity contribution is 5.83. The summed E-state index contributed by atoms with van der Waals surface area (Å²) in [4.78, 5) is 2.07. The molecule has 0 radical (unpaired) electrons. The Morgan fingerprint density at radius 1 is 1.40 bits per heavy atom. The highest BCUT2D eigenvalue weighted by Gasteiger charge is 2.43. The zero-order chi connectivity index (χ0) is 15.4. The molecule has 0 saturated heterocycles. The van der Waals surface area contributed by atoms with Crippen LogP contribution >= 0.6 is 0 Å². The summed E-state index contributed by atoms with van der Waals surface area (Å²) >= 11 is 0. The van der Waals surface area contributed by atoms with Crippen LogP contribution in [-0.4, -0.2) is 54.8 Å². The van der Waals surface area contributed by atoms with E-state index < -0.39 is 17.9 Å². The Balaban J connectivity index is 2.60. The molecule has 1 rings (SSSR count). The minimum Gasteiger partial charge on any atom is -0.409 e. The summed E-state index contributed by atoms with van der Waals surface area (Å²) in [5.74, 6) is -2.77. The summed E-state index contributed by atoms with van der Waals surface area (Å²) in [6.07, 6.45) is -0.420. The van der Waals surface area contributed by atoms with Crippen molar-refractivity contribution in [2.45, 2.75) is 37.4 Å². The normalized spacial score (nSPS) is 21.4. The lowest BCUT2D eigenvalue weighted by Gasteiger charge is -2.37. The summed E-state index contributed by atoms with van der Waals surface area (Å²) < 4.78 is 38.4. The Hall–Kier alpha value is -1.02. The number of nitrogens with one attached hydrogen (secondary N) is 1. The largest absolute Gasteiger partial charge is 0.409 e. The number of hydrogen-bond donors (Lipinski definition) is 3. The van der Waals surface area contributed by atoms with Crippen LogP contribution in [0.25, 0.3) is 0 Å². The highest BCUT2D eigenvalue weighted by Crippen LogP contribution is 2.33. The van der Waals surface area contributed by atoms with E-state index in [1.165, 1.54) is 0 Å². The van der Waals surface area contributed by atoms with E-state index >= 15 is 0 Å². The van der Waals surface area contributed by atoms with Gasteiger partial charge in [0.05, 0.1) is 0 Å². The van der Waals surface area contributed by atoms with E-state index in [9.17, 15) is 13.2 Å². The third kappa shape index (κ3) is 3.99. The van der Waals surface area contributed by atoms with Crippen LogP contribution < -0.4 is 11.1 Å². The average molecular weight is 296 g/mol. The van der Waals surface area contributed by atoms with E-state index in [2.05, 4.69) is 15.4 Å². The topological polar surface area (TPSA) is 73.9 Å². The molecule has 0 heterocycles. The number of halogens is 3. The molecule has 0 aromatic rings. The molecule has 0 aromatic heterocycles. The first-order valence-electron chi connectivity index (χ1n) is 6.65. The average Bonchev–Trinajstić information content (AvgIpc) is 2.82. The van der Waals surface area contributed by atoms with Crippen molar-refractivity contribution in [2.24, 2.45) is 16.8 Å². The molecule has 8 heteroatoms. The Bertz CT molecular complexity index is 338. The number of likely N-dealkylation sites (N-methyl/N-ethyl adjacent to an activating group) is 1. The van der Waals surface area contributed by atoms with Crippen LogP contribution in [0.5, 0.6) is 0 Å². The number of hydrogen-bond acceptors (Lipinski definition) is 4. The number of amidine groups is 1. The van der Waals surface area contributed by atoms with Gasteiger partial charge in [-0.15, -0.1) is 0 Å². The van der Waals surface area contributed by atoms with Gasteiger partial charge in [0.15, 0.2) is 5.84 Å². The van der Waals surface area contributed by atoms with Crippen LogP contribution in [-0.2, 0) is 0 Å². The van der Waals surface area contributed by atoms with Crippen LogP contribution in [0.1, 0.15) is 25.7 Å². The van der Waals surface area contributed by atoms with Crippen LogP contribution in [0.2, 0.25) is 0 Å². The predicted molar refractivity (Wildman–Crippen MR) is 70.7 cm³/mol. The maximum absolute atomic E-state index is 12.8. The van der Waals surface area contributed by atoms with Crippen LogP contribution in [0, 0.1) is 5.92 Å². The molecule has 1 aliphatic rings. The Kier molecular flexibility index (Phi) is 5.64. The van der Waals surface area contributed by atoms with Gasteiger partial charge < -0.3 is 21.2 Å². The molecule has 1 aliphatic carbocycles. The zero-order valence-corrected chi connectivity index (χ0v) is 11.9. The van der Waals surface area contributed by atoms with Crippen molar-refractivity contribution in [3.05, 3.63) is 0 Å². The molecule has 0 amide bonds. The monoisotopic (exact) mass is 296 g/mol. The van der Waals surface area contributed by atoms with Crippen molar-refractivity contribution in [1.29, 1.82) is 0 Å². The molecule has 1 unspecified atom stereocenters. The van der Waals surface area contributed by atoms with Crippen LogP contribution in [0.3, 0.4) is 0 Å². The van der Waals surface area contributed by atoms with Gasteiger partial charge in [-0.2, -0.15) is 13.2 Å². The number of nitrogens with zero attached hydrogens (tertiary/aromatic N) is 2. The summed E-state index contributed by atoms with van der Waals surface area (Å²) in [6, 6.07) is 0. The molecule has 0 bridgehead atoms. The second-order valence-corrected chi connectivity index (χ2v) is 5.58. The van der Waals surface area contributed by atoms with E-state index in [0.717, 1.165) is 25.7 Å². The van der Waals surface area contributed by atoms with Crippen molar-refractivity contribution in [1.82, 2.24) is 10.2 Å². The zero-order valence-electron chi connectivity index (χ0n) is 11.9. The van der Waals surface area contributed by atoms with Gasteiger partial charge in [-0.3, -0.25) is 0 Å². The number of alkyl halides is 3. The molecule has 0 aliphatic heterocycles. The first-order valence-corrected chi connectivity index (χ1v) is 6.65. The fourth-order valence-corrected chi connectivity index (χ4v) is 2.72. The van der Waals surface area contributed by atoms with Crippen molar-refractivity contribution >= 4 is 5.84 Å². The molecule has 4 N–H and O–H groups in total. The third-order valence-corrected chi connectivity index (χ3v) is 4.15. The van der Waals surface area contributed by atoms with Gasteiger partial charge in [0.1, 0.15) is 5.92 Å². The van der Waals surface area contributed by atoms with Gasteiger partial charge in [-0.05, 0) is 26.9 Å². The molecule has 118 valence electrons. The maximum atomic E-state index is 12.8. The second kappa shape index (κ2) is 6.62. The summed E-state index contributed by atoms with van der Waals surface area (Å²) in [5.41, 5.74) is 5.02. The molecule has 20 heavy (non-hydrogen) atoms. The van der Waals surface area contributed by atoms with Gasteiger partial charge in [0.25, 0.3) is 0 Å². The smallest absolute Gasteiger partial charge is 0.400 e. The summed E-state index contributed by atoms with van der Waals surface area (Å²) in [5, 5.41) is 13.8. The summed E-state index contributed by atoms with van der Waals surface area (Å²) in [7, 11) is 3.88. The van der Waals surface area contributed by atoms with Gasteiger partial charge in [0.2, 0.25) is 0 Å². The molecular formula is C12H23F3N4O. The molecule has 1 saturated carbocycles. The van der Waals surface area contributed by atoms with E-state index in [1.807, 2.05) is 14.1 Å². The fourth-order valence-electron chi connectivity index (χ4n) is 2.72. The number of nitrogens with two attached hydrogens (primary N) is 1. The van der Waals surface area contributed by atoms with Crippen LogP contribution in [0.15, 0.2) is 5.16 Å². The minimum atomic E-state index is -4.52. The Labute approximate surface area is 117 Å². The van der Waals surface area contributed by atoms with Gasteiger partial charge in [-0.1, -0.05) is 18.0 Å². The van der Waals surface area contributed by atoms with Crippen LogP contribution in [0.4, 0.5) is 13.2 Å². The SMILES string of the molecule is CN(C)C1(CNCC(C(N)=NO)C(F)(F)F)CCCC1. The van der Waals surface area contributed by atoms with Crippen molar-refractivity contribution in [3.63, 3.8) is 0 Å². The predicted octanol–water partition coefficient (Wildman–Crippen LogP) is 1.38. The lowest BCUT2D eigenvalue weighted by molar-refractivity contribution is -0.155. The third-order valence-electron chi connectivity index (χ3n) is 4.15. The van der Waals surface area contributed by atoms with Gasteiger partial charge >= 0.3 is 6.18 Å². The van der Waals surface area contributed by atoms with E-state index in [4.69, 9.17) is 10.9 Å². The molecule has 1 atom stereocenters. The second-order valence-electron chi connectivity index (χ2n) is 5.58. The standard InChI is InChI=1S/C12H23F3N4O/c1-19(2)11(5-3-4-6-11)8-17-7-9(10(16)18-20)12(13,14)15/h9,17,20H,3-8H2,1-2H3,(H2,16,18). The Morgan fingerprint density at radius 3 is 2.35 bits per heavy atom. The molecule has 0 spiro atoms. The molecule has 0 aromatic carbocycles. The molecule has 5 nitrogen and oxygen atoms in total. The maximum Gasteiger partial charge on any atom is 0.400 e. The van der Waals surface area contributed by atoms with Crippen molar-refractivity contribution in [2.75, 3.05) is 27.2 Å². The fraction of sp³-hybridized carbons (Fsp3) is 0.917. The van der Waals surface area contributed by atoms with Gasteiger partial charge in [0, 0.05) is 18.6 Å². The Morgan fingerprint density at radius 2 is 1.95 bits per heavy atom. The lowest BCUT2D eigenvalue weighted by atomic mass is 9.95. The highest BCUT2D eigenvalue weighted by atomic mass is 19.4. The van der Waals surface area contributed by atoms with Crippen molar-refractivity contribution in [3.8, 4) is 0 Å². The molecular weight excluding hydrogens is 273 g/mol. The number of oxime groups is 1. The summed E-state index contributed by atoms with van der Waals surface area (Å²) in [6.45, 7) is 0.0836. The first kappa shape index (κ1) is 17.0. The van der Waals surface area contributed by atoms with Crippen molar-refractivity contribution < 1.29 is 18.4 Å². The minimum absolute atomic E-state index is 0.0960. The lowest BCUT2D eigenvalue weighted by Crippen LogP contribution is -2.52. The van der Waals surface area contributed by atoms with E-state index in [1.54, 1.807) is 0 Å². The van der Waals surface area contributed by atoms with Gasteiger partial charge in [-0.25, -0.2) is 0 Å². The first-order chi connectivity index (χ1) is 9.23. The van der Waals surface area contributed by atoms with E-state index in [0.29, 0.717) is 6.54 Å².